The Morgan fingerprint density at radius 1 is 1.18 bits per heavy atom. The summed E-state index contributed by atoms with van der Waals surface area (Å²) in [5.41, 5.74) is 5.45. The SMILES string of the molecule is Nc1cccnc1Nc1cc(F)cc(F)c1F. The Bertz CT molecular complexity index is 558. The highest BCUT2D eigenvalue weighted by molar-refractivity contribution is 5.68. The Kier molecular flexibility index (Phi) is 2.86. The maximum absolute atomic E-state index is 13.3. The highest BCUT2D eigenvalue weighted by Gasteiger charge is 2.12. The largest absolute Gasteiger partial charge is 0.396 e. The number of pyridine rings is 1. The van der Waals surface area contributed by atoms with E-state index >= 15 is 0 Å². The van der Waals surface area contributed by atoms with E-state index in [-0.39, 0.29) is 17.2 Å². The van der Waals surface area contributed by atoms with Gasteiger partial charge in [0.05, 0.1) is 11.4 Å². The van der Waals surface area contributed by atoms with Crippen LogP contribution in [-0.2, 0) is 0 Å². The van der Waals surface area contributed by atoms with Gasteiger partial charge in [0.1, 0.15) is 5.82 Å². The van der Waals surface area contributed by atoms with Crippen LogP contribution in [0.5, 0.6) is 0 Å². The zero-order valence-corrected chi connectivity index (χ0v) is 8.55. The molecule has 0 saturated carbocycles. The van der Waals surface area contributed by atoms with Gasteiger partial charge < -0.3 is 11.1 Å². The van der Waals surface area contributed by atoms with Crippen LogP contribution >= 0.6 is 0 Å². The minimum atomic E-state index is -1.28. The van der Waals surface area contributed by atoms with Gasteiger partial charge in [0.2, 0.25) is 0 Å². The maximum Gasteiger partial charge on any atom is 0.182 e. The zero-order chi connectivity index (χ0) is 12.4. The molecule has 3 N–H and O–H groups in total. The first-order valence-corrected chi connectivity index (χ1v) is 4.70. The van der Waals surface area contributed by atoms with Gasteiger partial charge in [-0.05, 0) is 12.1 Å². The van der Waals surface area contributed by atoms with Crippen LogP contribution in [0.15, 0.2) is 30.5 Å². The van der Waals surface area contributed by atoms with Crippen molar-refractivity contribution in [3.8, 4) is 0 Å². The second-order valence-electron chi connectivity index (χ2n) is 3.32. The van der Waals surface area contributed by atoms with Crippen molar-refractivity contribution in [1.29, 1.82) is 0 Å². The standard InChI is InChI=1S/C11H8F3N3/c12-6-4-7(13)10(14)9(5-6)17-11-8(15)2-1-3-16-11/h1-5H,15H2,(H,16,17). The summed E-state index contributed by atoms with van der Waals surface area (Å²) >= 11 is 0. The minimum absolute atomic E-state index is 0.136. The Morgan fingerprint density at radius 2 is 1.94 bits per heavy atom. The molecule has 0 fully saturated rings. The van der Waals surface area contributed by atoms with E-state index < -0.39 is 17.5 Å². The van der Waals surface area contributed by atoms with E-state index in [2.05, 4.69) is 10.3 Å². The normalized spacial score (nSPS) is 10.3. The Labute approximate surface area is 95.1 Å². The van der Waals surface area contributed by atoms with Gasteiger partial charge in [0, 0.05) is 18.3 Å². The first-order chi connectivity index (χ1) is 8.08. The van der Waals surface area contributed by atoms with Crippen LogP contribution in [-0.4, -0.2) is 4.98 Å². The van der Waals surface area contributed by atoms with Crippen molar-refractivity contribution in [3.63, 3.8) is 0 Å². The fourth-order valence-electron chi connectivity index (χ4n) is 1.30. The fourth-order valence-corrected chi connectivity index (χ4v) is 1.30. The molecule has 1 aromatic carbocycles. The molecule has 1 aromatic heterocycles. The van der Waals surface area contributed by atoms with E-state index in [0.717, 1.165) is 6.07 Å². The molecule has 0 aliphatic rings. The maximum atomic E-state index is 13.3. The summed E-state index contributed by atoms with van der Waals surface area (Å²) in [6.45, 7) is 0. The van der Waals surface area contributed by atoms with E-state index in [9.17, 15) is 13.2 Å². The average Bonchev–Trinajstić information content (AvgIpc) is 2.28. The molecule has 0 amide bonds. The quantitative estimate of drug-likeness (QED) is 0.792. The number of nitrogens with zero attached hydrogens (tertiary/aromatic N) is 1. The molecule has 0 spiro atoms. The van der Waals surface area contributed by atoms with E-state index in [4.69, 9.17) is 5.73 Å². The molecule has 0 aliphatic carbocycles. The molecule has 0 saturated heterocycles. The van der Waals surface area contributed by atoms with Crippen LogP contribution < -0.4 is 11.1 Å². The second kappa shape index (κ2) is 4.32. The summed E-state index contributed by atoms with van der Waals surface area (Å²) in [6.07, 6.45) is 1.42. The monoisotopic (exact) mass is 239 g/mol. The smallest absolute Gasteiger partial charge is 0.182 e. The summed E-state index contributed by atoms with van der Waals surface area (Å²) in [5, 5.41) is 2.43. The number of nitrogens with one attached hydrogen (secondary N) is 1. The van der Waals surface area contributed by atoms with Crippen molar-refractivity contribution in [3.05, 3.63) is 47.9 Å². The van der Waals surface area contributed by atoms with Gasteiger partial charge in [-0.25, -0.2) is 18.2 Å². The molecule has 1 heterocycles. The molecule has 2 aromatic rings. The minimum Gasteiger partial charge on any atom is -0.396 e. The van der Waals surface area contributed by atoms with Crippen molar-refractivity contribution in [1.82, 2.24) is 4.98 Å². The van der Waals surface area contributed by atoms with Crippen molar-refractivity contribution in [2.24, 2.45) is 0 Å². The summed E-state index contributed by atoms with van der Waals surface area (Å²) in [5.74, 6) is -3.21. The lowest BCUT2D eigenvalue weighted by molar-refractivity contribution is 0.498. The predicted molar refractivity (Wildman–Crippen MR) is 58.2 cm³/mol. The number of rotatable bonds is 2. The first-order valence-electron chi connectivity index (χ1n) is 4.70. The number of nitrogen functional groups attached to an aromatic ring is 1. The van der Waals surface area contributed by atoms with Crippen molar-refractivity contribution < 1.29 is 13.2 Å². The van der Waals surface area contributed by atoms with Gasteiger partial charge in [-0.3, -0.25) is 0 Å². The van der Waals surface area contributed by atoms with Gasteiger partial charge in [-0.2, -0.15) is 0 Å². The number of hydrogen-bond donors (Lipinski definition) is 2. The molecule has 0 radical (unpaired) electrons. The van der Waals surface area contributed by atoms with Gasteiger partial charge in [0.15, 0.2) is 17.5 Å². The summed E-state index contributed by atoms with van der Waals surface area (Å²) < 4.78 is 39.2. The number of halogens is 3. The number of hydrogen-bond acceptors (Lipinski definition) is 3. The van der Waals surface area contributed by atoms with E-state index in [1.807, 2.05) is 0 Å². The number of aromatic nitrogens is 1. The van der Waals surface area contributed by atoms with Crippen LogP contribution in [0, 0.1) is 17.5 Å². The van der Waals surface area contributed by atoms with Crippen molar-refractivity contribution in [2.75, 3.05) is 11.1 Å². The van der Waals surface area contributed by atoms with Crippen molar-refractivity contribution >= 4 is 17.2 Å². The molecule has 3 nitrogen and oxygen atoms in total. The van der Waals surface area contributed by atoms with Gasteiger partial charge in [-0.15, -0.1) is 0 Å². The molecular formula is C11H8F3N3. The molecule has 17 heavy (non-hydrogen) atoms. The number of anilines is 3. The van der Waals surface area contributed by atoms with Crippen LogP contribution in [0.4, 0.5) is 30.4 Å². The van der Waals surface area contributed by atoms with E-state index in [1.165, 1.54) is 12.3 Å². The Balaban J connectivity index is 2.40. The summed E-state index contributed by atoms with van der Waals surface area (Å²) in [6, 6.07) is 4.40. The molecule has 6 heteroatoms. The molecule has 0 aliphatic heterocycles. The molecule has 2 rings (SSSR count). The molecule has 0 atom stereocenters. The Morgan fingerprint density at radius 3 is 2.65 bits per heavy atom. The van der Waals surface area contributed by atoms with Crippen LogP contribution in [0.1, 0.15) is 0 Å². The molecule has 0 bridgehead atoms. The highest BCUT2D eigenvalue weighted by atomic mass is 19.2. The summed E-state index contributed by atoms with van der Waals surface area (Å²) in [4.78, 5) is 3.83. The predicted octanol–water partition coefficient (Wildman–Crippen LogP) is 2.82. The third-order valence-electron chi connectivity index (χ3n) is 2.08. The first kappa shape index (κ1) is 11.3. The summed E-state index contributed by atoms with van der Waals surface area (Å²) in [7, 11) is 0. The Hall–Kier alpha value is -2.24. The third-order valence-corrected chi connectivity index (χ3v) is 2.08. The lowest BCUT2D eigenvalue weighted by atomic mass is 10.2. The van der Waals surface area contributed by atoms with E-state index in [0.29, 0.717) is 6.07 Å². The highest BCUT2D eigenvalue weighted by Crippen LogP contribution is 2.24. The third kappa shape index (κ3) is 2.30. The number of nitrogens with two attached hydrogens (primary N) is 1. The van der Waals surface area contributed by atoms with E-state index in [1.54, 1.807) is 6.07 Å². The van der Waals surface area contributed by atoms with Gasteiger partial charge >= 0.3 is 0 Å². The van der Waals surface area contributed by atoms with Gasteiger partial charge in [-0.1, -0.05) is 0 Å². The van der Waals surface area contributed by atoms with Gasteiger partial charge in [0.25, 0.3) is 0 Å². The lowest BCUT2D eigenvalue weighted by Crippen LogP contribution is -2.02. The molecular weight excluding hydrogens is 231 g/mol. The molecule has 0 unspecified atom stereocenters. The second-order valence-corrected chi connectivity index (χ2v) is 3.32. The zero-order valence-electron chi connectivity index (χ0n) is 8.55. The van der Waals surface area contributed by atoms with Crippen LogP contribution in [0.2, 0.25) is 0 Å². The van der Waals surface area contributed by atoms with Crippen LogP contribution in [0.25, 0.3) is 0 Å². The lowest BCUT2D eigenvalue weighted by Gasteiger charge is -2.09. The fraction of sp³-hybridized carbons (Fsp3) is 0. The topological polar surface area (TPSA) is 50.9 Å². The average molecular weight is 239 g/mol. The number of benzene rings is 1. The van der Waals surface area contributed by atoms with Crippen molar-refractivity contribution in [2.45, 2.75) is 0 Å². The van der Waals surface area contributed by atoms with Crippen LogP contribution in [0.3, 0.4) is 0 Å². The molecule has 88 valence electrons.